The minimum absolute atomic E-state index is 0.0186. The third kappa shape index (κ3) is 4.39. The zero-order valence-electron chi connectivity index (χ0n) is 12.4. The SMILES string of the molecule is CCOc1ccc(C(Cl)C(C(C)C)C(C)C)c(Br)c1. The second kappa shape index (κ2) is 7.54. The molecule has 0 aliphatic carbocycles. The van der Waals surface area contributed by atoms with Crippen molar-refractivity contribution in [2.24, 2.45) is 17.8 Å². The van der Waals surface area contributed by atoms with Crippen molar-refractivity contribution in [3.8, 4) is 5.75 Å². The molecular weight excluding hydrogens is 324 g/mol. The molecule has 1 nitrogen and oxygen atoms in total. The van der Waals surface area contributed by atoms with Crippen LogP contribution >= 0.6 is 27.5 Å². The fraction of sp³-hybridized carbons (Fsp3) is 0.625. The van der Waals surface area contributed by atoms with E-state index in [-0.39, 0.29) is 5.38 Å². The van der Waals surface area contributed by atoms with Crippen LogP contribution in [0.3, 0.4) is 0 Å². The fourth-order valence-electron chi connectivity index (χ4n) is 2.64. The smallest absolute Gasteiger partial charge is 0.120 e. The third-order valence-corrected chi connectivity index (χ3v) is 4.67. The lowest BCUT2D eigenvalue weighted by Crippen LogP contribution is -2.21. The first-order valence-electron chi connectivity index (χ1n) is 6.94. The van der Waals surface area contributed by atoms with Gasteiger partial charge in [0.25, 0.3) is 0 Å². The van der Waals surface area contributed by atoms with Gasteiger partial charge < -0.3 is 4.74 Å². The lowest BCUT2D eigenvalue weighted by atomic mass is 9.80. The topological polar surface area (TPSA) is 9.23 Å². The Balaban J connectivity index is 3.01. The van der Waals surface area contributed by atoms with Crippen molar-refractivity contribution in [1.82, 2.24) is 0 Å². The van der Waals surface area contributed by atoms with E-state index in [1.54, 1.807) is 0 Å². The lowest BCUT2D eigenvalue weighted by Gasteiger charge is -2.30. The number of alkyl halides is 1. The van der Waals surface area contributed by atoms with Crippen LogP contribution in [0.4, 0.5) is 0 Å². The zero-order chi connectivity index (χ0) is 14.6. The van der Waals surface area contributed by atoms with E-state index in [9.17, 15) is 0 Å². The normalized spacial score (nSPS) is 13.4. The Morgan fingerprint density at radius 3 is 2.16 bits per heavy atom. The number of ether oxygens (including phenoxy) is 1. The largest absolute Gasteiger partial charge is 0.494 e. The predicted octanol–water partition coefficient (Wildman–Crippen LogP) is 6.06. The third-order valence-electron chi connectivity index (χ3n) is 3.46. The van der Waals surface area contributed by atoms with Gasteiger partial charge in [0.2, 0.25) is 0 Å². The Morgan fingerprint density at radius 2 is 1.74 bits per heavy atom. The maximum atomic E-state index is 6.73. The summed E-state index contributed by atoms with van der Waals surface area (Å²) in [5.41, 5.74) is 1.15. The molecule has 108 valence electrons. The molecule has 0 amide bonds. The van der Waals surface area contributed by atoms with Crippen LogP contribution in [0.15, 0.2) is 22.7 Å². The molecule has 1 rings (SSSR count). The van der Waals surface area contributed by atoms with Gasteiger partial charge in [0.15, 0.2) is 0 Å². The van der Waals surface area contributed by atoms with Gasteiger partial charge in [0.1, 0.15) is 5.75 Å². The predicted molar refractivity (Wildman–Crippen MR) is 87.1 cm³/mol. The quantitative estimate of drug-likeness (QED) is 0.569. The maximum Gasteiger partial charge on any atom is 0.120 e. The van der Waals surface area contributed by atoms with Crippen LogP contribution in [-0.4, -0.2) is 6.61 Å². The van der Waals surface area contributed by atoms with Crippen molar-refractivity contribution in [2.45, 2.75) is 40.0 Å². The van der Waals surface area contributed by atoms with Crippen molar-refractivity contribution in [3.05, 3.63) is 28.2 Å². The first kappa shape index (κ1) is 16.8. The molecule has 3 heteroatoms. The molecule has 0 aliphatic rings. The molecule has 1 unspecified atom stereocenters. The van der Waals surface area contributed by atoms with Gasteiger partial charge in [-0.1, -0.05) is 49.7 Å². The average molecular weight is 348 g/mol. The molecule has 0 bridgehead atoms. The van der Waals surface area contributed by atoms with Crippen LogP contribution in [-0.2, 0) is 0 Å². The molecule has 1 atom stereocenters. The Labute approximate surface area is 130 Å². The molecule has 1 aromatic carbocycles. The van der Waals surface area contributed by atoms with Crippen molar-refractivity contribution >= 4 is 27.5 Å². The van der Waals surface area contributed by atoms with E-state index in [1.165, 1.54) is 0 Å². The summed E-state index contributed by atoms with van der Waals surface area (Å²) in [6.07, 6.45) is 0. The van der Waals surface area contributed by atoms with Crippen LogP contribution in [0.5, 0.6) is 5.75 Å². The average Bonchev–Trinajstić information content (AvgIpc) is 2.28. The fourth-order valence-corrected chi connectivity index (χ4v) is 4.15. The Hall–Kier alpha value is -0.210. The number of hydrogen-bond donors (Lipinski definition) is 0. The monoisotopic (exact) mass is 346 g/mol. The highest BCUT2D eigenvalue weighted by molar-refractivity contribution is 9.10. The van der Waals surface area contributed by atoms with Crippen molar-refractivity contribution in [2.75, 3.05) is 6.61 Å². The molecule has 0 saturated heterocycles. The van der Waals surface area contributed by atoms with Crippen LogP contribution < -0.4 is 4.74 Å². The summed E-state index contributed by atoms with van der Waals surface area (Å²) >= 11 is 10.3. The summed E-state index contributed by atoms with van der Waals surface area (Å²) in [6.45, 7) is 11.6. The van der Waals surface area contributed by atoms with Crippen LogP contribution in [0, 0.1) is 17.8 Å². The molecule has 0 N–H and O–H groups in total. The molecule has 0 heterocycles. The van der Waals surface area contributed by atoms with Gasteiger partial charge in [-0.15, -0.1) is 11.6 Å². The van der Waals surface area contributed by atoms with E-state index >= 15 is 0 Å². The summed E-state index contributed by atoms with van der Waals surface area (Å²) in [4.78, 5) is 0. The summed E-state index contributed by atoms with van der Waals surface area (Å²) in [6, 6.07) is 6.08. The second-order valence-corrected chi connectivity index (χ2v) is 6.91. The summed E-state index contributed by atoms with van der Waals surface area (Å²) in [5, 5.41) is 0.0186. The molecule has 0 aromatic heterocycles. The molecule has 0 fully saturated rings. The molecule has 0 aliphatic heterocycles. The minimum Gasteiger partial charge on any atom is -0.494 e. The molecule has 0 radical (unpaired) electrons. The highest BCUT2D eigenvalue weighted by atomic mass is 79.9. The number of rotatable bonds is 6. The van der Waals surface area contributed by atoms with E-state index in [4.69, 9.17) is 16.3 Å². The van der Waals surface area contributed by atoms with Gasteiger partial charge in [-0.2, -0.15) is 0 Å². The summed E-state index contributed by atoms with van der Waals surface area (Å²) < 4.78 is 6.54. The van der Waals surface area contributed by atoms with Crippen molar-refractivity contribution < 1.29 is 4.74 Å². The van der Waals surface area contributed by atoms with E-state index in [2.05, 4.69) is 49.7 Å². The molecule has 0 spiro atoms. The van der Waals surface area contributed by atoms with Crippen LogP contribution in [0.2, 0.25) is 0 Å². The van der Waals surface area contributed by atoms with Crippen molar-refractivity contribution in [1.29, 1.82) is 0 Å². The van der Waals surface area contributed by atoms with Gasteiger partial charge in [0, 0.05) is 4.47 Å². The highest BCUT2D eigenvalue weighted by Crippen LogP contribution is 2.42. The van der Waals surface area contributed by atoms with Crippen LogP contribution in [0.1, 0.15) is 45.6 Å². The number of hydrogen-bond acceptors (Lipinski definition) is 1. The molecule has 1 aromatic rings. The number of halogens is 2. The Kier molecular flexibility index (Phi) is 6.68. The van der Waals surface area contributed by atoms with Gasteiger partial charge >= 0.3 is 0 Å². The molecular formula is C16H24BrClO. The summed E-state index contributed by atoms with van der Waals surface area (Å²) in [7, 11) is 0. The van der Waals surface area contributed by atoms with Gasteiger partial charge in [0.05, 0.1) is 12.0 Å². The van der Waals surface area contributed by atoms with Crippen molar-refractivity contribution in [3.63, 3.8) is 0 Å². The van der Waals surface area contributed by atoms with E-state index in [0.717, 1.165) is 15.8 Å². The molecule has 19 heavy (non-hydrogen) atoms. The van der Waals surface area contributed by atoms with Gasteiger partial charge in [-0.3, -0.25) is 0 Å². The minimum atomic E-state index is 0.0186. The van der Waals surface area contributed by atoms with E-state index < -0.39 is 0 Å². The first-order valence-corrected chi connectivity index (χ1v) is 8.17. The first-order chi connectivity index (χ1) is 8.88. The van der Waals surface area contributed by atoms with Gasteiger partial charge in [-0.05, 0) is 42.4 Å². The number of benzene rings is 1. The van der Waals surface area contributed by atoms with E-state index in [0.29, 0.717) is 24.4 Å². The standard InChI is InChI=1S/C16H24BrClO/c1-6-19-12-7-8-13(14(17)9-12)16(18)15(10(2)3)11(4)5/h7-11,15-16H,6H2,1-5H3. The summed E-state index contributed by atoms with van der Waals surface area (Å²) in [5.74, 6) is 2.45. The zero-order valence-corrected chi connectivity index (χ0v) is 14.8. The molecule has 0 saturated carbocycles. The Morgan fingerprint density at radius 1 is 1.16 bits per heavy atom. The Bertz CT molecular complexity index is 396. The second-order valence-electron chi connectivity index (χ2n) is 5.58. The lowest BCUT2D eigenvalue weighted by molar-refractivity contribution is 0.277. The maximum absolute atomic E-state index is 6.73. The van der Waals surface area contributed by atoms with E-state index in [1.807, 2.05) is 19.1 Å². The highest BCUT2D eigenvalue weighted by Gasteiger charge is 2.28. The van der Waals surface area contributed by atoms with Crippen LogP contribution in [0.25, 0.3) is 0 Å². The van der Waals surface area contributed by atoms with Gasteiger partial charge in [-0.25, -0.2) is 0 Å².